The first-order chi connectivity index (χ1) is 13.1. The zero-order valence-electron chi connectivity index (χ0n) is 15.5. The lowest BCUT2D eigenvalue weighted by Crippen LogP contribution is -2.34. The van der Waals surface area contributed by atoms with E-state index in [1.807, 2.05) is 44.2 Å². The molecule has 6 nitrogen and oxygen atoms in total. The second-order valence-electron chi connectivity index (χ2n) is 5.41. The fourth-order valence-electron chi connectivity index (χ4n) is 2.27. The molecule has 2 rings (SSSR count). The molecule has 0 aliphatic heterocycles. The first kappa shape index (κ1) is 20.7. The van der Waals surface area contributed by atoms with Crippen molar-refractivity contribution in [1.82, 2.24) is 5.32 Å². The van der Waals surface area contributed by atoms with E-state index in [0.717, 1.165) is 11.4 Å². The van der Waals surface area contributed by atoms with Gasteiger partial charge in [0, 0.05) is 12.3 Å². The van der Waals surface area contributed by atoms with Gasteiger partial charge in [-0.2, -0.15) is 0 Å². The van der Waals surface area contributed by atoms with E-state index in [1.165, 1.54) is 0 Å². The molecule has 27 heavy (non-hydrogen) atoms. The highest BCUT2D eigenvalue weighted by atomic mass is 32.1. The van der Waals surface area contributed by atoms with Crippen molar-refractivity contribution in [3.05, 3.63) is 54.1 Å². The summed E-state index contributed by atoms with van der Waals surface area (Å²) >= 11 is 5.23. The summed E-state index contributed by atoms with van der Waals surface area (Å²) in [6.07, 6.45) is 0. The number of amides is 1. The maximum Gasteiger partial charge on any atom is 0.261 e. The van der Waals surface area contributed by atoms with Crippen molar-refractivity contribution < 1.29 is 19.0 Å². The minimum Gasteiger partial charge on any atom is -0.494 e. The Kier molecular flexibility index (Phi) is 8.54. The molecule has 1 amide bonds. The van der Waals surface area contributed by atoms with Crippen LogP contribution in [0.25, 0.3) is 0 Å². The number of rotatable bonds is 9. The molecule has 144 valence electrons. The van der Waals surface area contributed by atoms with Crippen LogP contribution in [0, 0.1) is 0 Å². The van der Waals surface area contributed by atoms with E-state index in [0.29, 0.717) is 37.7 Å². The Bertz CT molecular complexity index is 750. The summed E-state index contributed by atoms with van der Waals surface area (Å²) in [6.45, 7) is 5.90. The topological polar surface area (TPSA) is 68.8 Å². The summed E-state index contributed by atoms with van der Waals surface area (Å²) in [4.78, 5) is 12.5. The van der Waals surface area contributed by atoms with Gasteiger partial charge >= 0.3 is 0 Å². The van der Waals surface area contributed by atoms with Gasteiger partial charge in [0.15, 0.2) is 5.11 Å². The van der Waals surface area contributed by atoms with E-state index < -0.39 is 0 Å². The third kappa shape index (κ3) is 6.88. The quantitative estimate of drug-likeness (QED) is 0.505. The zero-order chi connectivity index (χ0) is 19.5. The molecule has 2 aromatic carbocycles. The summed E-state index contributed by atoms with van der Waals surface area (Å²) in [7, 11) is 0. The third-order valence-electron chi connectivity index (χ3n) is 3.47. The first-order valence-corrected chi connectivity index (χ1v) is 9.19. The van der Waals surface area contributed by atoms with E-state index in [9.17, 15) is 4.79 Å². The van der Waals surface area contributed by atoms with Crippen LogP contribution in [0.1, 0.15) is 24.2 Å². The Balaban J connectivity index is 1.93. The van der Waals surface area contributed by atoms with Gasteiger partial charge in [-0.15, -0.1) is 0 Å². The van der Waals surface area contributed by atoms with Gasteiger partial charge in [-0.25, -0.2) is 0 Å². The van der Waals surface area contributed by atoms with Gasteiger partial charge in [0.25, 0.3) is 5.91 Å². The summed E-state index contributed by atoms with van der Waals surface area (Å²) in [5.41, 5.74) is 1.16. The molecule has 0 aliphatic rings. The Morgan fingerprint density at radius 3 is 2.41 bits per heavy atom. The number of hydrogen-bond donors (Lipinski definition) is 2. The molecule has 0 aromatic heterocycles. The monoisotopic (exact) mass is 388 g/mol. The highest BCUT2D eigenvalue weighted by Crippen LogP contribution is 2.18. The number of benzene rings is 2. The molecule has 0 unspecified atom stereocenters. The summed E-state index contributed by atoms with van der Waals surface area (Å²) < 4.78 is 16.3. The molecular formula is C20H24N2O4S. The number of carbonyl (C=O) groups is 1. The summed E-state index contributed by atoms with van der Waals surface area (Å²) in [5, 5.41) is 5.84. The largest absolute Gasteiger partial charge is 0.494 e. The highest BCUT2D eigenvalue weighted by molar-refractivity contribution is 7.80. The molecular weight excluding hydrogens is 364 g/mol. The second kappa shape index (κ2) is 11.2. The molecule has 0 spiro atoms. The fourth-order valence-corrected chi connectivity index (χ4v) is 2.48. The van der Waals surface area contributed by atoms with Crippen LogP contribution in [0.2, 0.25) is 0 Å². The smallest absolute Gasteiger partial charge is 0.261 e. The van der Waals surface area contributed by atoms with Crippen molar-refractivity contribution in [1.29, 1.82) is 0 Å². The van der Waals surface area contributed by atoms with Crippen LogP contribution in [0.4, 0.5) is 5.69 Å². The van der Waals surface area contributed by atoms with Crippen LogP contribution in [-0.2, 0) is 4.74 Å². The minimum absolute atomic E-state index is 0.202. The first-order valence-electron chi connectivity index (χ1n) is 8.78. The van der Waals surface area contributed by atoms with Crippen molar-refractivity contribution in [3.8, 4) is 11.5 Å². The number of thiocarbonyl (C=S) groups is 1. The lowest BCUT2D eigenvalue weighted by Gasteiger charge is -2.13. The van der Waals surface area contributed by atoms with E-state index in [1.54, 1.807) is 18.2 Å². The van der Waals surface area contributed by atoms with Crippen molar-refractivity contribution in [3.63, 3.8) is 0 Å². The van der Waals surface area contributed by atoms with E-state index in [-0.39, 0.29) is 11.0 Å². The number of para-hydroxylation sites is 1. The number of carbonyl (C=O) groups excluding carboxylic acids is 1. The molecule has 2 aromatic rings. The number of hydrogen-bond acceptors (Lipinski definition) is 5. The Hall–Kier alpha value is -2.64. The molecule has 0 heterocycles. The molecule has 0 bridgehead atoms. The van der Waals surface area contributed by atoms with E-state index in [4.69, 9.17) is 26.4 Å². The standard InChI is InChI=1S/C20H24N2O4S/c1-3-24-13-14-26-18-8-6-5-7-17(18)19(23)22-20(27)21-15-9-11-16(12-10-15)25-4-2/h5-12H,3-4,13-14H2,1-2H3,(H2,21,22,23,27). The Morgan fingerprint density at radius 1 is 0.963 bits per heavy atom. The van der Waals surface area contributed by atoms with Crippen LogP contribution >= 0.6 is 12.2 Å². The maximum absolute atomic E-state index is 12.5. The molecule has 0 saturated carbocycles. The van der Waals surface area contributed by atoms with Gasteiger partial charge < -0.3 is 19.5 Å². The molecule has 0 saturated heterocycles. The second-order valence-corrected chi connectivity index (χ2v) is 5.82. The van der Waals surface area contributed by atoms with Gasteiger partial charge in [0.1, 0.15) is 18.1 Å². The van der Waals surface area contributed by atoms with Crippen LogP contribution in [-0.4, -0.2) is 37.4 Å². The van der Waals surface area contributed by atoms with E-state index in [2.05, 4.69) is 10.6 Å². The third-order valence-corrected chi connectivity index (χ3v) is 3.68. The van der Waals surface area contributed by atoms with Crippen LogP contribution in [0.5, 0.6) is 11.5 Å². The van der Waals surface area contributed by atoms with E-state index >= 15 is 0 Å². The van der Waals surface area contributed by atoms with Crippen LogP contribution in [0.15, 0.2) is 48.5 Å². The van der Waals surface area contributed by atoms with Crippen molar-refractivity contribution in [2.24, 2.45) is 0 Å². The normalized spacial score (nSPS) is 10.1. The van der Waals surface area contributed by atoms with Crippen molar-refractivity contribution in [2.45, 2.75) is 13.8 Å². The highest BCUT2D eigenvalue weighted by Gasteiger charge is 2.13. The van der Waals surface area contributed by atoms with Crippen molar-refractivity contribution >= 4 is 28.9 Å². The minimum atomic E-state index is -0.342. The predicted molar refractivity (Wildman–Crippen MR) is 110 cm³/mol. The maximum atomic E-state index is 12.5. The molecule has 2 N–H and O–H groups in total. The Morgan fingerprint density at radius 2 is 1.70 bits per heavy atom. The van der Waals surface area contributed by atoms with Crippen LogP contribution in [0.3, 0.4) is 0 Å². The lowest BCUT2D eigenvalue weighted by molar-refractivity contribution is 0.0958. The SMILES string of the molecule is CCOCCOc1ccccc1C(=O)NC(=S)Nc1ccc(OCC)cc1. The van der Waals surface area contributed by atoms with Crippen molar-refractivity contribution in [2.75, 3.05) is 31.7 Å². The lowest BCUT2D eigenvalue weighted by atomic mass is 10.2. The summed E-state index contributed by atoms with van der Waals surface area (Å²) in [5.74, 6) is 0.917. The average Bonchev–Trinajstić information content (AvgIpc) is 2.67. The van der Waals surface area contributed by atoms with Gasteiger partial charge in [-0.3, -0.25) is 10.1 Å². The molecule has 0 radical (unpaired) electrons. The molecule has 0 fully saturated rings. The average molecular weight is 388 g/mol. The van der Waals surface area contributed by atoms with Gasteiger partial charge in [0.2, 0.25) is 0 Å². The zero-order valence-corrected chi connectivity index (χ0v) is 16.3. The van der Waals surface area contributed by atoms with Gasteiger partial charge in [-0.05, 0) is 62.5 Å². The van der Waals surface area contributed by atoms with Gasteiger partial charge in [0.05, 0.1) is 18.8 Å². The molecule has 0 aliphatic carbocycles. The van der Waals surface area contributed by atoms with Gasteiger partial charge in [-0.1, -0.05) is 12.1 Å². The van der Waals surface area contributed by atoms with Crippen LogP contribution < -0.4 is 20.1 Å². The predicted octanol–water partition coefficient (Wildman–Crippen LogP) is 3.63. The molecule has 0 atom stereocenters. The number of anilines is 1. The Labute approximate surface area is 164 Å². The number of nitrogens with one attached hydrogen (secondary N) is 2. The molecule has 7 heteroatoms. The number of ether oxygens (including phenoxy) is 3. The fraction of sp³-hybridized carbons (Fsp3) is 0.300. The summed E-state index contributed by atoms with van der Waals surface area (Å²) in [6, 6.07) is 14.3.